The SMILES string of the molecule is COc1ccc(Cl)cc1N(C(N)=O)c1ccc2c(c1)CCN(C1CCC1)CC2. The molecule has 4 rings (SSSR count). The zero-order valence-corrected chi connectivity index (χ0v) is 16.9. The summed E-state index contributed by atoms with van der Waals surface area (Å²) in [6, 6.07) is 11.5. The Kier molecular flexibility index (Phi) is 5.47. The Labute approximate surface area is 171 Å². The van der Waals surface area contributed by atoms with Gasteiger partial charge in [-0.3, -0.25) is 9.80 Å². The maximum absolute atomic E-state index is 12.3. The van der Waals surface area contributed by atoms with E-state index in [9.17, 15) is 4.79 Å². The van der Waals surface area contributed by atoms with E-state index in [1.54, 1.807) is 25.3 Å². The lowest BCUT2D eigenvalue weighted by molar-refractivity contribution is 0.133. The van der Waals surface area contributed by atoms with Gasteiger partial charge in [-0.15, -0.1) is 0 Å². The van der Waals surface area contributed by atoms with Crippen LogP contribution in [0.1, 0.15) is 30.4 Å². The average Bonchev–Trinajstić information content (AvgIpc) is 2.83. The molecule has 2 amide bonds. The van der Waals surface area contributed by atoms with Crippen molar-refractivity contribution in [1.82, 2.24) is 4.90 Å². The van der Waals surface area contributed by atoms with Crippen LogP contribution in [0.25, 0.3) is 0 Å². The Balaban J connectivity index is 1.66. The van der Waals surface area contributed by atoms with Crippen LogP contribution in [-0.2, 0) is 12.8 Å². The van der Waals surface area contributed by atoms with Gasteiger partial charge in [-0.1, -0.05) is 24.1 Å². The third-order valence-corrected chi connectivity index (χ3v) is 6.21. The number of anilines is 2. The summed E-state index contributed by atoms with van der Waals surface area (Å²) in [5.74, 6) is 0.550. The Bertz CT molecular complexity index is 882. The van der Waals surface area contributed by atoms with Gasteiger partial charge < -0.3 is 10.5 Å². The first-order valence-corrected chi connectivity index (χ1v) is 10.2. The maximum Gasteiger partial charge on any atom is 0.324 e. The van der Waals surface area contributed by atoms with E-state index < -0.39 is 6.03 Å². The molecule has 28 heavy (non-hydrogen) atoms. The summed E-state index contributed by atoms with van der Waals surface area (Å²) in [5.41, 5.74) is 9.68. The lowest BCUT2D eigenvalue weighted by Gasteiger charge is -2.36. The maximum atomic E-state index is 12.3. The van der Waals surface area contributed by atoms with Crippen molar-refractivity contribution in [1.29, 1.82) is 0 Å². The Morgan fingerprint density at radius 3 is 2.54 bits per heavy atom. The minimum Gasteiger partial charge on any atom is -0.495 e. The first kappa shape index (κ1) is 19.1. The van der Waals surface area contributed by atoms with E-state index in [4.69, 9.17) is 22.1 Å². The molecule has 2 aliphatic rings. The number of benzene rings is 2. The minimum absolute atomic E-state index is 0.521. The summed E-state index contributed by atoms with van der Waals surface area (Å²) in [7, 11) is 1.57. The van der Waals surface area contributed by atoms with E-state index in [0.29, 0.717) is 16.5 Å². The van der Waals surface area contributed by atoms with Gasteiger partial charge in [0.25, 0.3) is 0 Å². The predicted octanol–water partition coefficient (Wildman–Crippen LogP) is 4.52. The van der Waals surface area contributed by atoms with Gasteiger partial charge in [0.05, 0.1) is 18.5 Å². The number of ether oxygens (including phenoxy) is 1. The van der Waals surface area contributed by atoms with Crippen LogP contribution in [0.2, 0.25) is 5.02 Å². The fourth-order valence-electron chi connectivity index (χ4n) is 4.21. The topological polar surface area (TPSA) is 58.8 Å². The summed E-state index contributed by atoms with van der Waals surface area (Å²) < 4.78 is 5.43. The molecule has 1 heterocycles. The number of carbonyl (C=O) groups excluding carboxylic acids is 1. The van der Waals surface area contributed by atoms with E-state index in [1.165, 1.54) is 35.3 Å². The number of nitrogens with zero attached hydrogens (tertiary/aromatic N) is 2. The molecule has 0 aromatic heterocycles. The van der Waals surface area contributed by atoms with E-state index >= 15 is 0 Å². The fraction of sp³-hybridized carbons (Fsp3) is 0.409. The summed E-state index contributed by atoms with van der Waals surface area (Å²) in [5, 5.41) is 0.521. The summed E-state index contributed by atoms with van der Waals surface area (Å²) in [4.78, 5) is 16.4. The first-order valence-electron chi connectivity index (χ1n) is 9.86. The van der Waals surface area contributed by atoms with Crippen molar-refractivity contribution in [2.24, 2.45) is 5.73 Å². The van der Waals surface area contributed by atoms with E-state index in [2.05, 4.69) is 17.0 Å². The number of nitrogens with two attached hydrogens (primary N) is 1. The predicted molar refractivity (Wildman–Crippen MR) is 113 cm³/mol. The number of fused-ring (bicyclic) bond motifs is 1. The number of amides is 2. The number of rotatable bonds is 4. The third kappa shape index (κ3) is 3.69. The molecule has 0 radical (unpaired) electrons. The van der Waals surface area contributed by atoms with E-state index in [-0.39, 0.29) is 0 Å². The van der Waals surface area contributed by atoms with Crippen LogP contribution >= 0.6 is 11.6 Å². The van der Waals surface area contributed by atoms with Crippen molar-refractivity contribution in [3.8, 4) is 5.75 Å². The van der Waals surface area contributed by atoms with Crippen LogP contribution in [0.15, 0.2) is 36.4 Å². The van der Waals surface area contributed by atoms with Crippen molar-refractivity contribution in [3.63, 3.8) is 0 Å². The molecule has 1 aliphatic heterocycles. The largest absolute Gasteiger partial charge is 0.495 e. The van der Waals surface area contributed by atoms with Gasteiger partial charge in [0.1, 0.15) is 5.75 Å². The summed E-state index contributed by atoms with van der Waals surface area (Å²) in [6.07, 6.45) is 6.03. The first-order chi connectivity index (χ1) is 13.6. The number of urea groups is 1. The van der Waals surface area contributed by atoms with Crippen LogP contribution < -0.4 is 15.4 Å². The molecule has 0 bridgehead atoms. The van der Waals surface area contributed by atoms with Crippen LogP contribution in [0.3, 0.4) is 0 Å². The van der Waals surface area contributed by atoms with Crippen LogP contribution in [0.4, 0.5) is 16.2 Å². The quantitative estimate of drug-likeness (QED) is 0.822. The molecule has 0 saturated heterocycles. The highest BCUT2D eigenvalue weighted by atomic mass is 35.5. The average molecular weight is 400 g/mol. The highest BCUT2D eigenvalue weighted by Gasteiger charge is 2.27. The molecule has 1 fully saturated rings. The van der Waals surface area contributed by atoms with Gasteiger partial charge in [-0.2, -0.15) is 0 Å². The highest BCUT2D eigenvalue weighted by molar-refractivity contribution is 6.31. The Hall–Kier alpha value is -2.24. The molecular weight excluding hydrogens is 374 g/mol. The lowest BCUT2D eigenvalue weighted by atomic mass is 9.91. The molecular formula is C22H26ClN3O2. The second kappa shape index (κ2) is 8.02. The molecule has 2 aromatic carbocycles. The van der Waals surface area contributed by atoms with Crippen molar-refractivity contribution < 1.29 is 9.53 Å². The summed E-state index contributed by atoms with van der Waals surface area (Å²) in [6.45, 7) is 2.18. The fourth-order valence-corrected chi connectivity index (χ4v) is 4.37. The molecule has 1 saturated carbocycles. The standard InChI is InChI=1S/C22H26ClN3O2/c1-28-21-8-6-17(23)14-20(21)26(22(24)27)19-7-5-15-9-11-25(18-3-2-4-18)12-10-16(15)13-19/h5-8,13-14,18H,2-4,9-12H2,1H3,(H2,24,27). The highest BCUT2D eigenvalue weighted by Crippen LogP contribution is 2.37. The number of methoxy groups -OCH3 is 1. The van der Waals surface area contributed by atoms with Crippen molar-refractivity contribution in [3.05, 3.63) is 52.5 Å². The van der Waals surface area contributed by atoms with Crippen molar-refractivity contribution in [2.75, 3.05) is 25.1 Å². The van der Waals surface area contributed by atoms with Gasteiger partial charge in [-0.05, 0) is 67.1 Å². The van der Waals surface area contributed by atoms with Crippen molar-refractivity contribution >= 4 is 29.0 Å². The van der Waals surface area contributed by atoms with E-state index in [0.717, 1.165) is 37.7 Å². The number of halogens is 1. The molecule has 0 atom stereocenters. The Morgan fingerprint density at radius 2 is 1.89 bits per heavy atom. The van der Waals surface area contributed by atoms with Crippen LogP contribution in [-0.4, -0.2) is 37.2 Å². The molecule has 5 nitrogen and oxygen atoms in total. The number of hydrogen-bond donors (Lipinski definition) is 1. The molecule has 0 unspecified atom stereocenters. The third-order valence-electron chi connectivity index (χ3n) is 5.98. The van der Waals surface area contributed by atoms with Gasteiger partial charge in [0.15, 0.2) is 0 Å². The molecule has 2 N–H and O–H groups in total. The molecule has 2 aromatic rings. The van der Waals surface area contributed by atoms with Gasteiger partial charge >= 0.3 is 6.03 Å². The minimum atomic E-state index is -0.565. The second-order valence-electron chi connectivity index (χ2n) is 7.56. The lowest BCUT2D eigenvalue weighted by Crippen LogP contribution is -2.41. The Morgan fingerprint density at radius 1 is 1.14 bits per heavy atom. The monoisotopic (exact) mass is 399 g/mol. The number of hydrogen-bond acceptors (Lipinski definition) is 3. The van der Waals surface area contributed by atoms with Crippen LogP contribution in [0.5, 0.6) is 5.75 Å². The zero-order chi connectivity index (χ0) is 19.7. The smallest absolute Gasteiger partial charge is 0.324 e. The van der Waals surface area contributed by atoms with Gasteiger partial charge in [0, 0.05) is 24.2 Å². The van der Waals surface area contributed by atoms with E-state index in [1.807, 2.05) is 6.07 Å². The van der Waals surface area contributed by atoms with Gasteiger partial charge in [0.2, 0.25) is 0 Å². The molecule has 148 valence electrons. The molecule has 1 aliphatic carbocycles. The number of carbonyl (C=O) groups is 1. The molecule has 0 spiro atoms. The summed E-state index contributed by atoms with van der Waals surface area (Å²) >= 11 is 6.17. The molecule has 6 heteroatoms. The zero-order valence-electron chi connectivity index (χ0n) is 16.2. The van der Waals surface area contributed by atoms with Crippen molar-refractivity contribution in [2.45, 2.75) is 38.1 Å². The van der Waals surface area contributed by atoms with Gasteiger partial charge in [-0.25, -0.2) is 4.79 Å². The normalized spacial score (nSPS) is 17.4. The second-order valence-corrected chi connectivity index (χ2v) is 8.00. The van der Waals surface area contributed by atoms with Crippen LogP contribution in [0, 0.1) is 0 Å². The number of primary amides is 1.